The second kappa shape index (κ2) is 8.47. The van der Waals surface area contributed by atoms with Crippen LogP contribution in [-0.4, -0.2) is 41.4 Å². The molecule has 3 rings (SSSR count). The number of carbonyl (C=O) groups excluding carboxylic acids is 3. The zero-order valence-corrected chi connectivity index (χ0v) is 16.0. The summed E-state index contributed by atoms with van der Waals surface area (Å²) >= 11 is 0. The number of carbonyl (C=O) groups is 3. The van der Waals surface area contributed by atoms with Crippen molar-refractivity contribution in [2.24, 2.45) is 0 Å². The van der Waals surface area contributed by atoms with Crippen LogP contribution in [0.2, 0.25) is 0 Å². The number of nitro groups is 1. The Kier molecular flexibility index (Phi) is 5.81. The summed E-state index contributed by atoms with van der Waals surface area (Å²) in [5, 5.41) is 13.7. The van der Waals surface area contributed by atoms with Crippen LogP contribution in [0.1, 0.15) is 28.8 Å². The lowest BCUT2D eigenvalue weighted by Crippen LogP contribution is -2.30. The predicted octanol–water partition coefficient (Wildman–Crippen LogP) is 2.47. The number of nitrogens with zero attached hydrogens (tertiary/aromatic N) is 2. The van der Waals surface area contributed by atoms with Gasteiger partial charge in [0.1, 0.15) is 11.5 Å². The van der Waals surface area contributed by atoms with Crippen molar-refractivity contribution in [2.45, 2.75) is 13.5 Å². The molecule has 2 heterocycles. The number of rotatable bonds is 7. The number of urea groups is 1. The number of nitro benzene ring substituents is 1. The molecule has 1 aromatic carbocycles. The Balaban J connectivity index is 1.87. The van der Waals surface area contributed by atoms with E-state index in [-0.39, 0.29) is 47.4 Å². The Morgan fingerprint density at radius 2 is 2.07 bits per heavy atom. The van der Waals surface area contributed by atoms with Crippen LogP contribution in [0, 0.1) is 10.1 Å². The number of benzene rings is 1. The number of hydrogen-bond donors (Lipinski definition) is 1. The Hall–Kier alpha value is -4.15. The van der Waals surface area contributed by atoms with E-state index < -0.39 is 22.8 Å². The molecule has 0 spiro atoms. The second-order valence-electron chi connectivity index (χ2n) is 6.02. The van der Waals surface area contributed by atoms with Crippen molar-refractivity contribution in [3.05, 3.63) is 63.2 Å². The van der Waals surface area contributed by atoms with Crippen LogP contribution in [0.4, 0.5) is 10.5 Å². The summed E-state index contributed by atoms with van der Waals surface area (Å²) in [7, 11) is 1.20. The van der Waals surface area contributed by atoms with Crippen molar-refractivity contribution in [2.75, 3.05) is 13.7 Å². The Morgan fingerprint density at radius 3 is 2.73 bits per heavy atom. The first-order valence-electron chi connectivity index (χ1n) is 8.77. The molecule has 3 amide bonds. The minimum Gasteiger partial charge on any atom is -0.487 e. The molecule has 1 aliphatic heterocycles. The van der Waals surface area contributed by atoms with E-state index in [1.54, 1.807) is 6.92 Å². The molecule has 11 nitrogen and oxygen atoms in total. The number of para-hydroxylation sites is 1. The number of amides is 3. The smallest absolute Gasteiger partial charge is 0.373 e. The van der Waals surface area contributed by atoms with Gasteiger partial charge in [-0.1, -0.05) is 12.1 Å². The number of esters is 1. The lowest BCUT2D eigenvalue weighted by molar-refractivity contribution is -0.385. The van der Waals surface area contributed by atoms with Gasteiger partial charge >= 0.3 is 17.7 Å². The largest absolute Gasteiger partial charge is 0.487 e. The van der Waals surface area contributed by atoms with Crippen molar-refractivity contribution in [1.82, 2.24) is 10.2 Å². The third-order valence-electron chi connectivity index (χ3n) is 4.13. The summed E-state index contributed by atoms with van der Waals surface area (Å²) in [4.78, 5) is 47.9. The molecule has 156 valence electrons. The number of imide groups is 1. The first kappa shape index (κ1) is 20.6. The third kappa shape index (κ3) is 3.99. The van der Waals surface area contributed by atoms with E-state index in [2.05, 4.69) is 10.1 Å². The lowest BCUT2D eigenvalue weighted by atomic mass is 10.1. The molecule has 0 atom stereocenters. The molecule has 11 heteroatoms. The van der Waals surface area contributed by atoms with Crippen LogP contribution in [0.5, 0.6) is 5.75 Å². The summed E-state index contributed by atoms with van der Waals surface area (Å²) in [6, 6.07) is 6.37. The van der Waals surface area contributed by atoms with Gasteiger partial charge in [0.2, 0.25) is 11.5 Å². The Bertz CT molecular complexity index is 1060. The van der Waals surface area contributed by atoms with Crippen LogP contribution >= 0.6 is 0 Å². The number of furan rings is 1. The molecule has 0 saturated carbocycles. The minimum absolute atomic E-state index is 0.00764. The average molecular weight is 415 g/mol. The first-order chi connectivity index (χ1) is 14.3. The van der Waals surface area contributed by atoms with Crippen molar-refractivity contribution in [3.63, 3.8) is 0 Å². The monoisotopic (exact) mass is 415 g/mol. The third-order valence-corrected chi connectivity index (χ3v) is 4.13. The maximum absolute atomic E-state index is 12.7. The van der Waals surface area contributed by atoms with E-state index in [9.17, 15) is 24.5 Å². The highest BCUT2D eigenvalue weighted by Crippen LogP contribution is 2.33. The van der Waals surface area contributed by atoms with Gasteiger partial charge in [0, 0.05) is 11.6 Å². The van der Waals surface area contributed by atoms with Crippen molar-refractivity contribution < 1.29 is 33.2 Å². The average Bonchev–Trinajstić information content (AvgIpc) is 3.29. The normalized spacial score (nSPS) is 14.7. The summed E-state index contributed by atoms with van der Waals surface area (Å²) in [5.41, 5.74) is -0.0746. The molecule has 1 aliphatic rings. The highest BCUT2D eigenvalue weighted by atomic mass is 16.6. The molecule has 0 bridgehead atoms. The standard InChI is InChI=1S/C19H17N3O8/c1-3-29-16-11(5-4-6-14(16)22(26)27)9-13-17(23)21(19(25)20-13)10-12-7-8-15(30-12)18(24)28-2/h4-9H,3,10H2,1-2H3,(H,20,25)/b13-9-. The summed E-state index contributed by atoms with van der Waals surface area (Å²) in [6.07, 6.45) is 1.31. The first-order valence-corrected chi connectivity index (χ1v) is 8.77. The fourth-order valence-corrected chi connectivity index (χ4v) is 2.80. The van der Waals surface area contributed by atoms with E-state index in [0.29, 0.717) is 0 Å². The minimum atomic E-state index is -0.703. The van der Waals surface area contributed by atoms with Crippen LogP contribution in [-0.2, 0) is 16.1 Å². The van der Waals surface area contributed by atoms with Gasteiger partial charge in [-0.25, -0.2) is 9.59 Å². The van der Waals surface area contributed by atoms with Gasteiger partial charge < -0.3 is 19.2 Å². The number of ether oxygens (including phenoxy) is 2. The van der Waals surface area contributed by atoms with Crippen LogP contribution in [0.25, 0.3) is 6.08 Å². The topological polar surface area (TPSA) is 141 Å². The molecule has 0 radical (unpaired) electrons. The van der Waals surface area contributed by atoms with Crippen LogP contribution in [0.3, 0.4) is 0 Å². The van der Waals surface area contributed by atoms with E-state index >= 15 is 0 Å². The van der Waals surface area contributed by atoms with E-state index in [1.165, 1.54) is 43.5 Å². The number of methoxy groups -OCH3 is 1. The molecule has 1 fully saturated rings. The van der Waals surface area contributed by atoms with Crippen molar-refractivity contribution >= 4 is 29.7 Å². The molecule has 1 saturated heterocycles. The summed E-state index contributed by atoms with van der Waals surface area (Å²) in [6.45, 7) is 1.63. The van der Waals surface area contributed by atoms with Gasteiger partial charge in [-0.05, 0) is 25.1 Å². The van der Waals surface area contributed by atoms with Gasteiger partial charge in [0.15, 0.2) is 0 Å². The summed E-state index contributed by atoms with van der Waals surface area (Å²) in [5.74, 6) is -1.22. The molecular weight excluding hydrogens is 398 g/mol. The van der Waals surface area contributed by atoms with Gasteiger partial charge in [-0.15, -0.1) is 0 Å². The molecule has 1 N–H and O–H groups in total. The predicted molar refractivity (Wildman–Crippen MR) is 101 cm³/mol. The van der Waals surface area contributed by atoms with Gasteiger partial charge in [0.25, 0.3) is 5.91 Å². The molecular formula is C19H17N3O8. The highest BCUT2D eigenvalue weighted by molar-refractivity contribution is 6.14. The Morgan fingerprint density at radius 1 is 1.30 bits per heavy atom. The number of nitrogens with one attached hydrogen (secondary N) is 1. The van der Waals surface area contributed by atoms with Gasteiger partial charge in [0.05, 0.1) is 25.2 Å². The van der Waals surface area contributed by atoms with Crippen molar-refractivity contribution in [3.8, 4) is 5.75 Å². The van der Waals surface area contributed by atoms with E-state index in [0.717, 1.165) is 4.90 Å². The summed E-state index contributed by atoms with van der Waals surface area (Å²) < 4.78 is 15.2. The lowest BCUT2D eigenvalue weighted by Gasteiger charge is -2.09. The molecule has 0 unspecified atom stereocenters. The highest BCUT2D eigenvalue weighted by Gasteiger charge is 2.35. The van der Waals surface area contributed by atoms with Crippen LogP contribution in [0.15, 0.2) is 40.4 Å². The number of hydrogen-bond acceptors (Lipinski definition) is 8. The van der Waals surface area contributed by atoms with E-state index in [4.69, 9.17) is 9.15 Å². The SMILES string of the molecule is CCOc1c(/C=C2\NC(=O)N(Cc3ccc(C(=O)OC)o3)C2=O)cccc1[N+](=O)[O-]. The molecule has 30 heavy (non-hydrogen) atoms. The zero-order chi connectivity index (χ0) is 21.8. The van der Waals surface area contributed by atoms with Crippen molar-refractivity contribution in [1.29, 1.82) is 0 Å². The van der Waals surface area contributed by atoms with Crippen LogP contribution < -0.4 is 10.1 Å². The fourth-order valence-electron chi connectivity index (χ4n) is 2.80. The second-order valence-corrected chi connectivity index (χ2v) is 6.02. The van der Waals surface area contributed by atoms with Gasteiger partial charge in [-0.2, -0.15) is 0 Å². The molecule has 1 aromatic heterocycles. The fraction of sp³-hybridized carbons (Fsp3) is 0.211. The maximum atomic E-state index is 12.7. The quantitative estimate of drug-likeness (QED) is 0.239. The van der Waals surface area contributed by atoms with E-state index in [1.807, 2.05) is 0 Å². The molecule has 0 aliphatic carbocycles. The maximum Gasteiger partial charge on any atom is 0.373 e. The molecule has 2 aromatic rings. The van der Waals surface area contributed by atoms with Gasteiger partial charge in [-0.3, -0.25) is 19.8 Å². The zero-order valence-electron chi connectivity index (χ0n) is 16.0. The Labute approximate surface area is 170 Å².